The predicted molar refractivity (Wildman–Crippen MR) is 78.7 cm³/mol. The third-order valence-electron chi connectivity index (χ3n) is 3.31. The van der Waals surface area contributed by atoms with Crippen LogP contribution in [-0.2, 0) is 0 Å². The minimum Gasteiger partial charge on any atom is -0.543 e. The van der Waals surface area contributed by atoms with Crippen LogP contribution >= 0.6 is 15.9 Å². The number of halogens is 4. The van der Waals surface area contributed by atoms with Crippen molar-refractivity contribution in [1.82, 2.24) is 0 Å². The second-order valence-corrected chi connectivity index (χ2v) is 11.6. The average molecular weight is 371 g/mol. The lowest BCUT2D eigenvalue weighted by molar-refractivity contribution is -0.274. The minimum absolute atomic E-state index is 0.0145. The summed E-state index contributed by atoms with van der Waals surface area (Å²) in [5.74, 6) is 0.262. The van der Waals surface area contributed by atoms with Crippen LogP contribution in [-0.4, -0.2) is 14.7 Å². The van der Waals surface area contributed by atoms with E-state index in [0.717, 1.165) is 0 Å². The number of hydrogen-bond donors (Lipinski definition) is 0. The van der Waals surface area contributed by atoms with Gasteiger partial charge in [-0.1, -0.05) is 20.8 Å². The lowest BCUT2D eigenvalue weighted by atomic mass is 10.2. The van der Waals surface area contributed by atoms with Crippen LogP contribution in [0.15, 0.2) is 22.7 Å². The van der Waals surface area contributed by atoms with Gasteiger partial charge in [-0.25, -0.2) is 0 Å². The normalized spacial score (nSPS) is 13.2. The molecule has 0 bridgehead atoms. The van der Waals surface area contributed by atoms with Crippen LogP contribution in [0.5, 0.6) is 11.5 Å². The molecule has 0 heterocycles. The maximum atomic E-state index is 12.2. The van der Waals surface area contributed by atoms with Crippen LogP contribution in [0.4, 0.5) is 13.2 Å². The van der Waals surface area contributed by atoms with E-state index in [9.17, 15) is 13.2 Å². The Morgan fingerprint density at radius 3 is 2.05 bits per heavy atom. The molecule has 20 heavy (non-hydrogen) atoms. The predicted octanol–water partition coefficient (Wildman–Crippen LogP) is 5.73. The fourth-order valence-electron chi connectivity index (χ4n) is 1.20. The smallest absolute Gasteiger partial charge is 0.543 e. The molecular formula is C13H18BrF3O2Si. The largest absolute Gasteiger partial charge is 0.573 e. The van der Waals surface area contributed by atoms with Crippen LogP contribution < -0.4 is 9.16 Å². The molecule has 0 aliphatic rings. The fourth-order valence-corrected chi connectivity index (χ4v) is 2.66. The Labute approximate surface area is 126 Å². The van der Waals surface area contributed by atoms with E-state index in [-0.39, 0.29) is 15.3 Å². The Morgan fingerprint density at radius 2 is 1.65 bits per heavy atom. The molecule has 0 unspecified atom stereocenters. The lowest BCUT2D eigenvalue weighted by Crippen LogP contribution is -2.43. The number of benzene rings is 1. The van der Waals surface area contributed by atoms with Gasteiger partial charge in [-0.05, 0) is 52.3 Å². The zero-order chi connectivity index (χ0) is 15.8. The Balaban J connectivity index is 2.94. The minimum atomic E-state index is -4.70. The summed E-state index contributed by atoms with van der Waals surface area (Å²) in [6.45, 7) is 10.4. The van der Waals surface area contributed by atoms with Crippen molar-refractivity contribution in [2.24, 2.45) is 0 Å². The van der Waals surface area contributed by atoms with Crippen molar-refractivity contribution in [2.45, 2.75) is 45.3 Å². The molecule has 0 fully saturated rings. The van der Waals surface area contributed by atoms with Crippen LogP contribution in [0.3, 0.4) is 0 Å². The molecule has 0 aromatic heterocycles. The molecular weight excluding hydrogens is 353 g/mol. The topological polar surface area (TPSA) is 18.5 Å². The van der Waals surface area contributed by atoms with Gasteiger partial charge in [0.25, 0.3) is 0 Å². The molecule has 0 radical (unpaired) electrons. The van der Waals surface area contributed by atoms with Crippen LogP contribution in [0.1, 0.15) is 20.8 Å². The molecule has 0 spiro atoms. The van der Waals surface area contributed by atoms with Gasteiger partial charge < -0.3 is 9.16 Å². The molecule has 0 N–H and O–H groups in total. The Hall–Kier alpha value is -0.693. The molecule has 0 saturated carbocycles. The van der Waals surface area contributed by atoms with Crippen molar-refractivity contribution in [3.8, 4) is 11.5 Å². The molecule has 2 nitrogen and oxygen atoms in total. The third-order valence-corrected chi connectivity index (χ3v) is 8.29. The SMILES string of the molecule is CC(C)(C)[Si](C)(C)Oc1ccc(OC(F)(F)F)c(Br)c1. The van der Waals surface area contributed by atoms with Crippen LogP contribution in [0, 0.1) is 0 Å². The van der Waals surface area contributed by atoms with E-state index in [2.05, 4.69) is 54.5 Å². The van der Waals surface area contributed by atoms with E-state index in [4.69, 9.17) is 4.43 Å². The van der Waals surface area contributed by atoms with E-state index in [1.165, 1.54) is 18.2 Å². The zero-order valence-electron chi connectivity index (χ0n) is 12.1. The van der Waals surface area contributed by atoms with Gasteiger partial charge in [-0.2, -0.15) is 0 Å². The average Bonchev–Trinajstić information content (AvgIpc) is 2.18. The standard InChI is InChI=1S/C13H18BrF3O2Si/c1-12(2,3)20(4,5)19-9-6-7-11(10(14)8-9)18-13(15,16)17/h6-8H,1-5H3. The maximum absolute atomic E-state index is 12.2. The van der Waals surface area contributed by atoms with E-state index >= 15 is 0 Å². The summed E-state index contributed by atoms with van der Waals surface area (Å²) in [5, 5.41) is 0.0145. The van der Waals surface area contributed by atoms with E-state index in [1.807, 2.05) is 0 Å². The third kappa shape index (κ3) is 4.70. The van der Waals surface area contributed by atoms with Crippen molar-refractivity contribution in [3.63, 3.8) is 0 Å². The quantitative estimate of drug-likeness (QED) is 0.632. The summed E-state index contributed by atoms with van der Waals surface area (Å²) in [4.78, 5) is 0. The van der Waals surface area contributed by atoms with Crippen LogP contribution in [0.25, 0.3) is 0 Å². The first-order valence-corrected chi connectivity index (χ1v) is 9.76. The number of rotatable bonds is 3. The van der Waals surface area contributed by atoms with Crippen molar-refractivity contribution in [1.29, 1.82) is 0 Å². The van der Waals surface area contributed by atoms with Gasteiger partial charge in [0.15, 0.2) is 0 Å². The molecule has 0 aliphatic carbocycles. The van der Waals surface area contributed by atoms with Crippen molar-refractivity contribution in [2.75, 3.05) is 0 Å². The molecule has 7 heteroatoms. The van der Waals surface area contributed by atoms with Crippen molar-refractivity contribution < 1.29 is 22.3 Å². The highest BCUT2D eigenvalue weighted by atomic mass is 79.9. The van der Waals surface area contributed by atoms with Crippen molar-refractivity contribution in [3.05, 3.63) is 22.7 Å². The first kappa shape index (κ1) is 17.4. The molecule has 1 aromatic rings. The molecule has 0 aliphatic heterocycles. The van der Waals surface area contributed by atoms with E-state index in [0.29, 0.717) is 5.75 Å². The van der Waals surface area contributed by atoms with E-state index in [1.54, 1.807) is 0 Å². The van der Waals surface area contributed by atoms with Gasteiger partial charge >= 0.3 is 6.36 Å². The Kier molecular flexibility index (Phi) is 4.86. The van der Waals surface area contributed by atoms with Gasteiger partial charge in [0, 0.05) is 0 Å². The number of ether oxygens (including phenoxy) is 1. The summed E-state index contributed by atoms with van der Waals surface area (Å²) in [5.41, 5.74) is 0. The molecule has 0 saturated heterocycles. The van der Waals surface area contributed by atoms with Gasteiger partial charge in [0.1, 0.15) is 11.5 Å². The summed E-state index contributed by atoms with van der Waals surface area (Å²) in [6.07, 6.45) is -4.70. The number of alkyl halides is 3. The fraction of sp³-hybridized carbons (Fsp3) is 0.538. The second kappa shape index (κ2) is 5.59. The molecule has 1 rings (SSSR count). The highest BCUT2D eigenvalue weighted by molar-refractivity contribution is 9.10. The first-order chi connectivity index (χ1) is 8.82. The highest BCUT2D eigenvalue weighted by Gasteiger charge is 2.39. The molecule has 0 amide bonds. The second-order valence-electron chi connectivity index (χ2n) is 6.00. The molecule has 1 aromatic carbocycles. The first-order valence-electron chi connectivity index (χ1n) is 6.06. The summed E-state index contributed by atoms with van der Waals surface area (Å²) in [7, 11) is -2.02. The summed E-state index contributed by atoms with van der Waals surface area (Å²) >= 11 is 3.07. The highest BCUT2D eigenvalue weighted by Crippen LogP contribution is 2.39. The monoisotopic (exact) mass is 370 g/mol. The van der Waals surface area contributed by atoms with Gasteiger partial charge in [-0.3, -0.25) is 0 Å². The van der Waals surface area contributed by atoms with E-state index < -0.39 is 14.7 Å². The Bertz CT molecular complexity index is 481. The van der Waals surface area contributed by atoms with Gasteiger partial charge in [0.2, 0.25) is 8.32 Å². The van der Waals surface area contributed by atoms with Gasteiger partial charge in [-0.15, -0.1) is 13.2 Å². The van der Waals surface area contributed by atoms with Crippen LogP contribution in [0.2, 0.25) is 18.1 Å². The van der Waals surface area contributed by atoms with Crippen molar-refractivity contribution >= 4 is 24.2 Å². The summed E-state index contributed by atoms with van der Waals surface area (Å²) in [6, 6.07) is 4.24. The molecule has 0 atom stereocenters. The molecule has 114 valence electrons. The van der Waals surface area contributed by atoms with Gasteiger partial charge in [0.05, 0.1) is 4.47 Å². The number of hydrogen-bond acceptors (Lipinski definition) is 2. The lowest BCUT2D eigenvalue weighted by Gasteiger charge is -2.36. The maximum Gasteiger partial charge on any atom is 0.573 e. The Morgan fingerprint density at radius 1 is 1.10 bits per heavy atom. The zero-order valence-corrected chi connectivity index (χ0v) is 14.6. The summed E-state index contributed by atoms with van der Waals surface area (Å²) < 4.78 is 46.7.